The van der Waals surface area contributed by atoms with Crippen LogP contribution < -0.4 is 5.73 Å². The molecule has 26 heavy (non-hydrogen) atoms. The van der Waals surface area contributed by atoms with Crippen molar-refractivity contribution in [1.82, 2.24) is 0 Å². The van der Waals surface area contributed by atoms with Gasteiger partial charge in [-0.05, 0) is 60.9 Å². The number of aryl methyl sites for hydroxylation is 2. The van der Waals surface area contributed by atoms with Crippen LogP contribution in [0.4, 0.5) is 0 Å². The van der Waals surface area contributed by atoms with Crippen LogP contribution in [0.3, 0.4) is 0 Å². The molecule has 4 nitrogen and oxygen atoms in total. The normalized spacial score (nSPS) is 22.0. The number of rotatable bonds is 1. The zero-order valence-electron chi connectivity index (χ0n) is 16.4. The van der Waals surface area contributed by atoms with Crippen LogP contribution in [-0.2, 0) is 9.53 Å². The average molecular weight is 350 g/mol. The summed E-state index contributed by atoms with van der Waals surface area (Å²) in [5.41, 5.74) is 12.4. The van der Waals surface area contributed by atoms with Crippen molar-refractivity contribution in [3.63, 3.8) is 0 Å². The second-order valence-corrected chi connectivity index (χ2v) is 8.38. The van der Waals surface area contributed by atoms with E-state index in [9.17, 15) is 10.1 Å². The number of carbonyl (C=O) groups excluding carboxylic acids is 1. The van der Waals surface area contributed by atoms with E-state index >= 15 is 0 Å². The fraction of sp³-hybridized carbons (Fsp3) is 0.455. The zero-order chi connectivity index (χ0) is 19.4. The third-order valence-electron chi connectivity index (χ3n) is 5.79. The van der Waals surface area contributed by atoms with Gasteiger partial charge >= 0.3 is 0 Å². The van der Waals surface area contributed by atoms with E-state index in [2.05, 4.69) is 53.7 Å². The number of benzene rings is 1. The molecule has 1 atom stereocenters. The lowest BCUT2D eigenvalue weighted by atomic mass is 9.68. The first kappa shape index (κ1) is 18.3. The van der Waals surface area contributed by atoms with Gasteiger partial charge in [-0.25, -0.2) is 0 Å². The van der Waals surface area contributed by atoms with E-state index < -0.39 is 5.92 Å². The lowest BCUT2D eigenvalue weighted by molar-refractivity contribution is -0.119. The van der Waals surface area contributed by atoms with Gasteiger partial charge in [-0.15, -0.1) is 0 Å². The summed E-state index contributed by atoms with van der Waals surface area (Å²) >= 11 is 0. The molecule has 0 aromatic heterocycles. The van der Waals surface area contributed by atoms with Gasteiger partial charge in [0, 0.05) is 18.4 Å². The van der Waals surface area contributed by atoms with Gasteiger partial charge in [-0.1, -0.05) is 19.9 Å². The fourth-order valence-corrected chi connectivity index (χ4v) is 4.25. The summed E-state index contributed by atoms with van der Waals surface area (Å²) in [6.45, 7) is 12.3. The molecular formula is C22H26N2O2. The monoisotopic (exact) mass is 350 g/mol. The molecule has 1 aliphatic heterocycles. The highest BCUT2D eigenvalue weighted by Gasteiger charge is 2.43. The first-order valence-electron chi connectivity index (χ1n) is 8.98. The van der Waals surface area contributed by atoms with Gasteiger partial charge in [0.05, 0.1) is 5.92 Å². The lowest BCUT2D eigenvalue weighted by Gasteiger charge is -2.38. The first-order chi connectivity index (χ1) is 12.1. The number of ether oxygens (including phenoxy) is 1. The molecule has 0 amide bonds. The van der Waals surface area contributed by atoms with Crippen molar-refractivity contribution in [2.24, 2.45) is 11.1 Å². The van der Waals surface area contributed by atoms with Crippen molar-refractivity contribution in [2.75, 3.05) is 0 Å². The zero-order valence-corrected chi connectivity index (χ0v) is 16.4. The molecule has 0 saturated heterocycles. The molecule has 0 spiro atoms. The quantitative estimate of drug-likeness (QED) is 0.816. The van der Waals surface area contributed by atoms with Crippen LogP contribution >= 0.6 is 0 Å². The molecule has 0 bridgehead atoms. The van der Waals surface area contributed by atoms with E-state index in [1.165, 1.54) is 0 Å². The van der Waals surface area contributed by atoms with Gasteiger partial charge < -0.3 is 10.5 Å². The van der Waals surface area contributed by atoms with Crippen LogP contribution in [0.2, 0.25) is 0 Å². The predicted molar refractivity (Wildman–Crippen MR) is 101 cm³/mol. The molecule has 4 heteroatoms. The number of allylic oxidation sites excluding steroid dienone is 3. The van der Waals surface area contributed by atoms with Crippen LogP contribution in [0.1, 0.15) is 60.4 Å². The van der Waals surface area contributed by atoms with E-state index in [0.29, 0.717) is 29.7 Å². The third kappa shape index (κ3) is 2.72. The summed E-state index contributed by atoms with van der Waals surface area (Å²) < 4.78 is 5.79. The van der Waals surface area contributed by atoms with Crippen molar-refractivity contribution in [1.29, 1.82) is 5.26 Å². The molecule has 0 saturated carbocycles. The Hall–Kier alpha value is -2.54. The number of ketones is 1. The molecule has 2 N–H and O–H groups in total. The molecule has 1 aromatic carbocycles. The van der Waals surface area contributed by atoms with Crippen molar-refractivity contribution in [3.05, 3.63) is 56.7 Å². The Morgan fingerprint density at radius 3 is 2.27 bits per heavy atom. The van der Waals surface area contributed by atoms with Crippen LogP contribution in [0.5, 0.6) is 0 Å². The SMILES string of the molecule is Cc1cc(C)c(C)c([C@@H]2C(C#N)=C(N)OC3=C2C(=O)CC(C)(C)C3)c1C. The number of hydrogen-bond donors (Lipinski definition) is 1. The van der Waals surface area contributed by atoms with Crippen LogP contribution in [-0.4, -0.2) is 5.78 Å². The van der Waals surface area contributed by atoms with E-state index in [-0.39, 0.29) is 17.1 Å². The highest BCUT2D eigenvalue weighted by Crippen LogP contribution is 2.49. The summed E-state index contributed by atoms with van der Waals surface area (Å²) in [5.74, 6) is 0.371. The Morgan fingerprint density at radius 2 is 1.73 bits per heavy atom. The number of carbonyl (C=O) groups is 1. The topological polar surface area (TPSA) is 76.1 Å². The highest BCUT2D eigenvalue weighted by atomic mass is 16.5. The number of nitrogens with zero attached hydrogens (tertiary/aromatic N) is 1. The van der Waals surface area contributed by atoms with Gasteiger partial charge in [-0.3, -0.25) is 4.79 Å². The van der Waals surface area contributed by atoms with Crippen molar-refractivity contribution < 1.29 is 9.53 Å². The van der Waals surface area contributed by atoms with Crippen molar-refractivity contribution in [3.8, 4) is 6.07 Å². The number of nitrogens with two attached hydrogens (primary N) is 1. The summed E-state index contributed by atoms with van der Waals surface area (Å²) in [4.78, 5) is 13.1. The van der Waals surface area contributed by atoms with Crippen molar-refractivity contribution in [2.45, 2.75) is 60.3 Å². The van der Waals surface area contributed by atoms with E-state index in [1.54, 1.807) is 0 Å². The maximum atomic E-state index is 13.1. The average Bonchev–Trinajstić information content (AvgIpc) is 2.51. The molecule has 1 aliphatic carbocycles. The van der Waals surface area contributed by atoms with Crippen LogP contribution in [0, 0.1) is 44.4 Å². The second kappa shape index (κ2) is 6.02. The fourth-order valence-electron chi connectivity index (χ4n) is 4.25. The standard InChI is InChI=1S/C22H26N2O2/c1-11-7-12(2)14(4)18(13(11)3)19-15(10-23)21(24)26-17-9-22(5,6)8-16(25)20(17)19/h7,19H,8-9,24H2,1-6H3/t19-/m0/s1. The Balaban J connectivity index is 2.33. The molecule has 136 valence electrons. The Labute approximate surface area is 155 Å². The minimum Gasteiger partial charge on any atom is -0.444 e. The summed E-state index contributed by atoms with van der Waals surface area (Å²) in [6, 6.07) is 4.36. The van der Waals surface area contributed by atoms with E-state index in [0.717, 1.165) is 27.8 Å². The maximum absolute atomic E-state index is 13.1. The highest BCUT2D eigenvalue weighted by molar-refractivity contribution is 6.00. The van der Waals surface area contributed by atoms with E-state index in [1.807, 2.05) is 0 Å². The molecule has 1 aromatic rings. The molecule has 3 rings (SSSR count). The van der Waals surface area contributed by atoms with Gasteiger partial charge in [-0.2, -0.15) is 5.26 Å². The van der Waals surface area contributed by atoms with E-state index in [4.69, 9.17) is 10.5 Å². The van der Waals surface area contributed by atoms with Gasteiger partial charge in [0.25, 0.3) is 0 Å². The Bertz CT molecular complexity index is 900. The molecule has 0 radical (unpaired) electrons. The largest absolute Gasteiger partial charge is 0.444 e. The predicted octanol–water partition coefficient (Wildman–Crippen LogP) is 4.37. The summed E-state index contributed by atoms with van der Waals surface area (Å²) in [7, 11) is 0. The number of hydrogen-bond acceptors (Lipinski definition) is 4. The molecular weight excluding hydrogens is 324 g/mol. The first-order valence-corrected chi connectivity index (χ1v) is 8.98. The second-order valence-electron chi connectivity index (χ2n) is 8.38. The van der Waals surface area contributed by atoms with Gasteiger partial charge in [0.1, 0.15) is 17.4 Å². The molecule has 0 fully saturated rings. The summed E-state index contributed by atoms with van der Waals surface area (Å²) in [6.07, 6.45) is 1.10. The third-order valence-corrected chi connectivity index (χ3v) is 5.79. The summed E-state index contributed by atoms with van der Waals surface area (Å²) in [5, 5.41) is 9.79. The molecule has 2 aliphatic rings. The minimum atomic E-state index is -0.439. The van der Waals surface area contributed by atoms with Crippen LogP contribution in [0.25, 0.3) is 0 Å². The molecule has 0 unspecified atom stereocenters. The Kier molecular flexibility index (Phi) is 4.23. The Morgan fingerprint density at radius 1 is 1.15 bits per heavy atom. The van der Waals surface area contributed by atoms with Gasteiger partial charge in [0.2, 0.25) is 5.88 Å². The van der Waals surface area contributed by atoms with Crippen molar-refractivity contribution >= 4 is 5.78 Å². The number of nitriles is 1. The smallest absolute Gasteiger partial charge is 0.205 e. The lowest BCUT2D eigenvalue weighted by Crippen LogP contribution is -2.34. The minimum absolute atomic E-state index is 0.0551. The number of Topliss-reactive ketones (excluding diaryl/α,β-unsaturated/α-hetero) is 1. The molecule has 1 heterocycles. The van der Waals surface area contributed by atoms with Gasteiger partial charge in [0.15, 0.2) is 5.78 Å². The van der Waals surface area contributed by atoms with Crippen LogP contribution in [0.15, 0.2) is 28.9 Å². The maximum Gasteiger partial charge on any atom is 0.205 e.